The van der Waals surface area contributed by atoms with Crippen LogP contribution >= 0.6 is 0 Å². The standard InChI is InChI=1S/C13H12FN3O3/c14-10-4-2-1-3-8(10)11(18)6-16-12-9(13(19)20)5-15-7-17-12/h1-5,7,11,18H,6H2,(H,19,20)(H,15,16,17)/t11-/m0/s1. The van der Waals surface area contributed by atoms with Gasteiger partial charge in [0.25, 0.3) is 0 Å². The Bertz CT molecular complexity index is 621. The summed E-state index contributed by atoms with van der Waals surface area (Å²) >= 11 is 0. The molecule has 1 heterocycles. The lowest BCUT2D eigenvalue weighted by molar-refractivity contribution is 0.0697. The fraction of sp³-hybridized carbons (Fsp3) is 0.154. The highest BCUT2D eigenvalue weighted by Gasteiger charge is 2.15. The molecule has 2 rings (SSSR count). The molecule has 0 spiro atoms. The van der Waals surface area contributed by atoms with Crippen LogP contribution in [0.5, 0.6) is 0 Å². The number of carboxylic acids is 1. The number of carbonyl (C=O) groups is 1. The van der Waals surface area contributed by atoms with Crippen LogP contribution in [0.2, 0.25) is 0 Å². The summed E-state index contributed by atoms with van der Waals surface area (Å²) in [5, 5.41) is 21.5. The monoisotopic (exact) mass is 277 g/mol. The molecule has 0 saturated heterocycles. The molecule has 1 aromatic carbocycles. The van der Waals surface area contributed by atoms with Gasteiger partial charge in [0, 0.05) is 18.3 Å². The first-order valence-corrected chi connectivity index (χ1v) is 5.79. The quantitative estimate of drug-likeness (QED) is 0.765. The van der Waals surface area contributed by atoms with Crippen molar-refractivity contribution in [2.45, 2.75) is 6.10 Å². The lowest BCUT2D eigenvalue weighted by Crippen LogP contribution is -2.16. The third-order valence-corrected chi connectivity index (χ3v) is 2.67. The lowest BCUT2D eigenvalue weighted by Gasteiger charge is -2.14. The number of carboxylic acid groups (broad SMARTS) is 1. The fourth-order valence-corrected chi connectivity index (χ4v) is 1.68. The Kier molecular flexibility index (Phi) is 4.21. The number of hydrogen-bond acceptors (Lipinski definition) is 5. The summed E-state index contributed by atoms with van der Waals surface area (Å²) in [5.74, 6) is -1.64. The summed E-state index contributed by atoms with van der Waals surface area (Å²) in [7, 11) is 0. The second-order valence-electron chi connectivity index (χ2n) is 4.01. The molecule has 0 amide bonds. The van der Waals surface area contributed by atoms with Gasteiger partial charge in [-0.15, -0.1) is 0 Å². The molecule has 20 heavy (non-hydrogen) atoms. The van der Waals surface area contributed by atoms with E-state index in [1.807, 2.05) is 0 Å². The first-order valence-electron chi connectivity index (χ1n) is 5.79. The third kappa shape index (κ3) is 3.07. The second kappa shape index (κ2) is 6.07. The molecule has 0 aliphatic carbocycles. The summed E-state index contributed by atoms with van der Waals surface area (Å²) in [6.07, 6.45) is 1.21. The molecule has 104 valence electrons. The smallest absolute Gasteiger partial charge is 0.341 e. The summed E-state index contributed by atoms with van der Waals surface area (Å²) < 4.78 is 13.5. The van der Waals surface area contributed by atoms with Gasteiger partial charge < -0.3 is 15.5 Å². The summed E-state index contributed by atoms with van der Waals surface area (Å²) in [6, 6.07) is 5.83. The van der Waals surface area contributed by atoms with Crippen LogP contribution in [-0.4, -0.2) is 32.7 Å². The number of aromatic carboxylic acids is 1. The van der Waals surface area contributed by atoms with Gasteiger partial charge in [-0.1, -0.05) is 18.2 Å². The molecule has 0 bridgehead atoms. The Morgan fingerprint density at radius 2 is 2.15 bits per heavy atom. The number of halogens is 1. The van der Waals surface area contributed by atoms with E-state index in [2.05, 4.69) is 15.3 Å². The van der Waals surface area contributed by atoms with E-state index in [0.717, 1.165) is 6.20 Å². The van der Waals surface area contributed by atoms with E-state index >= 15 is 0 Å². The average Bonchev–Trinajstić information content (AvgIpc) is 2.45. The number of anilines is 1. The van der Waals surface area contributed by atoms with Crippen LogP contribution in [-0.2, 0) is 0 Å². The molecule has 1 atom stereocenters. The SMILES string of the molecule is O=C(O)c1cncnc1NC[C@H](O)c1ccccc1F. The zero-order valence-electron chi connectivity index (χ0n) is 10.3. The normalized spacial score (nSPS) is 11.9. The van der Waals surface area contributed by atoms with Crippen LogP contribution in [0.3, 0.4) is 0 Å². The summed E-state index contributed by atoms with van der Waals surface area (Å²) in [5.41, 5.74) is 0.0131. The molecule has 0 unspecified atom stereocenters. The van der Waals surface area contributed by atoms with E-state index in [0.29, 0.717) is 0 Å². The zero-order chi connectivity index (χ0) is 14.5. The molecule has 6 nitrogen and oxygen atoms in total. The minimum atomic E-state index is -1.19. The second-order valence-corrected chi connectivity index (χ2v) is 4.01. The van der Waals surface area contributed by atoms with Gasteiger partial charge in [0.1, 0.15) is 23.5 Å². The van der Waals surface area contributed by atoms with Crippen molar-refractivity contribution in [3.63, 3.8) is 0 Å². The van der Waals surface area contributed by atoms with Crippen molar-refractivity contribution in [1.82, 2.24) is 9.97 Å². The molecule has 0 saturated carbocycles. The zero-order valence-corrected chi connectivity index (χ0v) is 10.3. The Hall–Kier alpha value is -2.54. The van der Waals surface area contributed by atoms with Crippen molar-refractivity contribution in [1.29, 1.82) is 0 Å². The number of nitrogens with zero attached hydrogens (tertiary/aromatic N) is 2. The molecule has 2 aromatic rings. The van der Waals surface area contributed by atoms with Gasteiger partial charge in [-0.2, -0.15) is 0 Å². The Balaban J connectivity index is 2.10. The molecule has 0 aliphatic heterocycles. The van der Waals surface area contributed by atoms with E-state index in [1.54, 1.807) is 6.07 Å². The third-order valence-electron chi connectivity index (χ3n) is 2.67. The molecular weight excluding hydrogens is 265 g/mol. The summed E-state index contributed by atoms with van der Waals surface area (Å²) in [4.78, 5) is 18.3. The van der Waals surface area contributed by atoms with Crippen LogP contribution in [0.1, 0.15) is 22.0 Å². The number of aliphatic hydroxyl groups excluding tert-OH is 1. The van der Waals surface area contributed by atoms with Gasteiger partial charge in [0.05, 0.1) is 6.10 Å². The van der Waals surface area contributed by atoms with Gasteiger partial charge >= 0.3 is 5.97 Å². The van der Waals surface area contributed by atoms with Crippen LogP contribution in [0.4, 0.5) is 10.2 Å². The Labute approximate surface area is 113 Å². The first-order chi connectivity index (χ1) is 9.59. The van der Waals surface area contributed by atoms with E-state index in [1.165, 1.54) is 24.5 Å². The maximum Gasteiger partial charge on any atom is 0.341 e. The molecule has 7 heteroatoms. The predicted molar refractivity (Wildman–Crippen MR) is 68.8 cm³/mol. The fourth-order valence-electron chi connectivity index (χ4n) is 1.68. The highest BCUT2D eigenvalue weighted by Crippen LogP contribution is 2.18. The molecule has 0 aliphatic rings. The maximum absolute atomic E-state index is 13.5. The summed E-state index contributed by atoms with van der Waals surface area (Å²) in [6.45, 7) is -0.0712. The first kappa shape index (κ1) is 13.9. The predicted octanol–water partition coefficient (Wildman–Crippen LogP) is 1.46. The number of benzene rings is 1. The van der Waals surface area contributed by atoms with Crippen molar-refractivity contribution in [3.05, 3.63) is 53.7 Å². The van der Waals surface area contributed by atoms with Gasteiger partial charge in [-0.3, -0.25) is 0 Å². The minimum Gasteiger partial charge on any atom is -0.477 e. The number of nitrogens with one attached hydrogen (secondary N) is 1. The number of aliphatic hydroxyl groups is 1. The van der Waals surface area contributed by atoms with E-state index in [-0.39, 0.29) is 23.5 Å². The van der Waals surface area contributed by atoms with E-state index in [4.69, 9.17) is 5.11 Å². The topological polar surface area (TPSA) is 95.3 Å². The number of aromatic nitrogens is 2. The van der Waals surface area contributed by atoms with Crippen LogP contribution in [0, 0.1) is 5.82 Å². The molecule has 0 fully saturated rings. The Morgan fingerprint density at radius 3 is 2.85 bits per heavy atom. The highest BCUT2D eigenvalue weighted by atomic mass is 19.1. The van der Waals surface area contributed by atoms with Gasteiger partial charge in [0.2, 0.25) is 0 Å². The van der Waals surface area contributed by atoms with Crippen molar-refractivity contribution >= 4 is 11.8 Å². The highest BCUT2D eigenvalue weighted by molar-refractivity contribution is 5.92. The van der Waals surface area contributed by atoms with E-state index < -0.39 is 17.9 Å². The maximum atomic E-state index is 13.5. The van der Waals surface area contributed by atoms with Crippen LogP contribution < -0.4 is 5.32 Å². The van der Waals surface area contributed by atoms with Gasteiger partial charge in [-0.05, 0) is 6.07 Å². The van der Waals surface area contributed by atoms with Crippen LogP contribution in [0.15, 0.2) is 36.8 Å². The minimum absolute atomic E-state index is 0.0712. The molecular formula is C13H12FN3O3. The number of hydrogen-bond donors (Lipinski definition) is 3. The van der Waals surface area contributed by atoms with Crippen molar-refractivity contribution < 1.29 is 19.4 Å². The van der Waals surface area contributed by atoms with Crippen molar-refractivity contribution in [2.24, 2.45) is 0 Å². The molecule has 1 aromatic heterocycles. The largest absolute Gasteiger partial charge is 0.477 e. The number of rotatable bonds is 5. The average molecular weight is 277 g/mol. The van der Waals surface area contributed by atoms with Gasteiger partial charge in [0.15, 0.2) is 0 Å². The van der Waals surface area contributed by atoms with E-state index in [9.17, 15) is 14.3 Å². The Morgan fingerprint density at radius 1 is 1.40 bits per heavy atom. The van der Waals surface area contributed by atoms with Crippen molar-refractivity contribution in [3.8, 4) is 0 Å². The molecule has 3 N–H and O–H groups in total. The van der Waals surface area contributed by atoms with Crippen LogP contribution in [0.25, 0.3) is 0 Å². The van der Waals surface area contributed by atoms with Crippen molar-refractivity contribution in [2.75, 3.05) is 11.9 Å². The van der Waals surface area contributed by atoms with Gasteiger partial charge in [-0.25, -0.2) is 19.2 Å². The lowest BCUT2D eigenvalue weighted by atomic mass is 10.1. The molecule has 0 radical (unpaired) electrons.